The molecule has 0 amide bonds. The van der Waals surface area contributed by atoms with Gasteiger partial charge in [0, 0.05) is 26.9 Å². The van der Waals surface area contributed by atoms with Crippen LogP contribution in [0.3, 0.4) is 0 Å². The summed E-state index contributed by atoms with van der Waals surface area (Å²) >= 11 is 11.2. The Labute approximate surface area is 130 Å². The number of thiophene rings is 1. The molecule has 0 atom stereocenters. The highest BCUT2D eigenvalue weighted by atomic mass is 79.9. The van der Waals surface area contributed by atoms with E-state index in [9.17, 15) is 0 Å². The first-order chi connectivity index (χ1) is 9.10. The Morgan fingerprint density at radius 3 is 2.84 bits per heavy atom. The molecule has 0 bridgehead atoms. The van der Waals surface area contributed by atoms with E-state index in [1.165, 1.54) is 15.3 Å². The van der Waals surface area contributed by atoms with Crippen molar-refractivity contribution >= 4 is 38.9 Å². The third-order valence-corrected chi connectivity index (χ3v) is 4.65. The molecule has 1 aromatic carbocycles. The molecule has 0 aliphatic carbocycles. The quantitative estimate of drug-likeness (QED) is 0.829. The van der Waals surface area contributed by atoms with Gasteiger partial charge in [0.2, 0.25) is 0 Å². The van der Waals surface area contributed by atoms with Crippen LogP contribution in [0.25, 0.3) is 0 Å². The molecular weight excluding hydrogens is 346 g/mol. The summed E-state index contributed by atoms with van der Waals surface area (Å²) in [5, 5.41) is 3.86. The van der Waals surface area contributed by atoms with Crippen molar-refractivity contribution < 1.29 is 4.74 Å². The predicted octanol–water partition coefficient (Wildman–Crippen LogP) is 4.77. The number of benzene rings is 1. The van der Waals surface area contributed by atoms with Gasteiger partial charge in [0.25, 0.3) is 0 Å². The Morgan fingerprint density at radius 2 is 2.16 bits per heavy atom. The van der Waals surface area contributed by atoms with Crippen molar-refractivity contribution in [3.63, 3.8) is 0 Å². The lowest BCUT2D eigenvalue weighted by Gasteiger charge is -2.08. The van der Waals surface area contributed by atoms with Gasteiger partial charge in [0.05, 0.1) is 4.47 Å². The van der Waals surface area contributed by atoms with Crippen LogP contribution in [0.1, 0.15) is 15.3 Å². The fraction of sp³-hybridized carbons (Fsp3) is 0.286. The molecule has 0 aliphatic heterocycles. The van der Waals surface area contributed by atoms with E-state index in [2.05, 4.69) is 34.2 Å². The van der Waals surface area contributed by atoms with E-state index < -0.39 is 0 Å². The van der Waals surface area contributed by atoms with Gasteiger partial charge in [0.1, 0.15) is 12.4 Å². The van der Waals surface area contributed by atoms with Crippen molar-refractivity contribution in [2.45, 2.75) is 20.1 Å². The average molecular weight is 361 g/mol. The molecule has 1 aromatic heterocycles. The molecule has 0 unspecified atom stereocenters. The molecule has 0 fully saturated rings. The number of hydrogen-bond donors (Lipinski definition) is 1. The summed E-state index contributed by atoms with van der Waals surface area (Å²) in [7, 11) is 1.95. The molecular formula is C14H15BrClNOS. The number of halogens is 2. The monoisotopic (exact) mass is 359 g/mol. The topological polar surface area (TPSA) is 21.3 Å². The number of aryl methyl sites for hydroxylation is 1. The van der Waals surface area contributed by atoms with Crippen LogP contribution in [0.2, 0.25) is 5.02 Å². The van der Waals surface area contributed by atoms with Gasteiger partial charge in [-0.15, -0.1) is 11.3 Å². The third-order valence-electron chi connectivity index (χ3n) is 2.70. The molecule has 0 aliphatic rings. The molecule has 0 saturated heterocycles. The molecule has 1 heterocycles. The number of hydrogen-bond acceptors (Lipinski definition) is 3. The zero-order valence-electron chi connectivity index (χ0n) is 10.8. The van der Waals surface area contributed by atoms with Crippen LogP contribution >= 0.6 is 38.9 Å². The van der Waals surface area contributed by atoms with Crippen LogP contribution in [0.4, 0.5) is 0 Å². The maximum atomic E-state index is 5.91. The number of nitrogens with one attached hydrogen (secondary N) is 1. The first kappa shape index (κ1) is 14.9. The van der Waals surface area contributed by atoms with Gasteiger partial charge >= 0.3 is 0 Å². The largest absolute Gasteiger partial charge is 0.488 e. The molecule has 19 heavy (non-hydrogen) atoms. The molecule has 5 heteroatoms. The molecule has 102 valence electrons. The van der Waals surface area contributed by atoms with Crippen molar-refractivity contribution in [1.82, 2.24) is 5.32 Å². The first-order valence-corrected chi connectivity index (χ1v) is 7.89. The average Bonchev–Trinajstić information content (AvgIpc) is 2.69. The summed E-state index contributed by atoms with van der Waals surface area (Å²) in [6.45, 7) is 3.60. The summed E-state index contributed by atoms with van der Waals surface area (Å²) in [5.41, 5.74) is 1.23. The standard InChI is InChI=1S/C14H15BrClNOS/c1-9-10(5-12(19-9)7-17-2)8-18-14-4-3-11(16)6-13(14)15/h3-6,17H,7-8H2,1-2H3. The van der Waals surface area contributed by atoms with Crippen LogP contribution in [-0.4, -0.2) is 7.05 Å². The van der Waals surface area contributed by atoms with Crippen LogP contribution in [0.5, 0.6) is 5.75 Å². The number of rotatable bonds is 5. The molecule has 0 saturated carbocycles. The minimum absolute atomic E-state index is 0.576. The van der Waals surface area contributed by atoms with Gasteiger partial charge in [-0.1, -0.05) is 11.6 Å². The van der Waals surface area contributed by atoms with Crippen LogP contribution in [-0.2, 0) is 13.2 Å². The van der Waals surface area contributed by atoms with E-state index in [4.69, 9.17) is 16.3 Å². The van der Waals surface area contributed by atoms with Gasteiger partial charge in [-0.05, 0) is 54.2 Å². The molecule has 1 N–H and O–H groups in total. The van der Waals surface area contributed by atoms with Gasteiger partial charge in [-0.3, -0.25) is 0 Å². The molecule has 2 aromatic rings. The van der Waals surface area contributed by atoms with Crippen molar-refractivity contribution in [1.29, 1.82) is 0 Å². The second-order valence-electron chi connectivity index (χ2n) is 4.19. The predicted molar refractivity (Wildman–Crippen MR) is 85.3 cm³/mol. The maximum absolute atomic E-state index is 5.91. The minimum atomic E-state index is 0.576. The summed E-state index contributed by atoms with van der Waals surface area (Å²) in [6, 6.07) is 7.74. The molecule has 2 rings (SSSR count). The summed E-state index contributed by atoms with van der Waals surface area (Å²) in [6.07, 6.45) is 0. The lowest BCUT2D eigenvalue weighted by Crippen LogP contribution is -2.02. The Bertz CT molecular complexity index is 571. The van der Waals surface area contributed by atoms with E-state index >= 15 is 0 Å². The lowest BCUT2D eigenvalue weighted by molar-refractivity contribution is 0.304. The number of ether oxygens (including phenoxy) is 1. The van der Waals surface area contributed by atoms with Crippen molar-refractivity contribution in [2.75, 3.05) is 7.05 Å². The van der Waals surface area contributed by atoms with E-state index in [0.29, 0.717) is 11.6 Å². The highest BCUT2D eigenvalue weighted by molar-refractivity contribution is 9.10. The Balaban J connectivity index is 2.05. The Hall–Kier alpha value is -0.550. The van der Waals surface area contributed by atoms with Crippen LogP contribution < -0.4 is 10.1 Å². The van der Waals surface area contributed by atoms with Gasteiger partial charge in [-0.2, -0.15) is 0 Å². The zero-order valence-corrected chi connectivity index (χ0v) is 14.0. The highest BCUT2D eigenvalue weighted by Crippen LogP contribution is 2.30. The van der Waals surface area contributed by atoms with E-state index in [1.807, 2.05) is 25.2 Å². The fourth-order valence-corrected chi connectivity index (χ4v) is 3.60. The fourth-order valence-electron chi connectivity index (χ4n) is 1.74. The Kier molecular flexibility index (Phi) is 5.28. The lowest BCUT2D eigenvalue weighted by atomic mass is 10.2. The van der Waals surface area contributed by atoms with Crippen LogP contribution in [0, 0.1) is 6.92 Å². The first-order valence-electron chi connectivity index (χ1n) is 5.91. The SMILES string of the molecule is CNCc1cc(COc2ccc(Cl)cc2Br)c(C)s1. The molecule has 0 radical (unpaired) electrons. The van der Waals surface area contributed by atoms with Gasteiger partial charge in [0.15, 0.2) is 0 Å². The highest BCUT2D eigenvalue weighted by Gasteiger charge is 2.07. The second kappa shape index (κ2) is 6.75. The molecule has 0 spiro atoms. The zero-order chi connectivity index (χ0) is 13.8. The van der Waals surface area contributed by atoms with Crippen LogP contribution in [0.15, 0.2) is 28.7 Å². The Morgan fingerprint density at radius 1 is 1.37 bits per heavy atom. The van der Waals surface area contributed by atoms with Crippen molar-refractivity contribution in [3.05, 3.63) is 49.1 Å². The maximum Gasteiger partial charge on any atom is 0.134 e. The smallest absolute Gasteiger partial charge is 0.134 e. The normalized spacial score (nSPS) is 10.7. The summed E-state index contributed by atoms with van der Waals surface area (Å²) in [5.74, 6) is 0.810. The van der Waals surface area contributed by atoms with E-state index in [0.717, 1.165) is 16.8 Å². The van der Waals surface area contributed by atoms with Gasteiger partial charge < -0.3 is 10.1 Å². The van der Waals surface area contributed by atoms with E-state index in [1.54, 1.807) is 11.3 Å². The second-order valence-corrected chi connectivity index (χ2v) is 6.82. The van der Waals surface area contributed by atoms with E-state index in [-0.39, 0.29) is 0 Å². The summed E-state index contributed by atoms with van der Waals surface area (Å²) < 4.78 is 6.71. The van der Waals surface area contributed by atoms with Crippen molar-refractivity contribution in [2.24, 2.45) is 0 Å². The molecule has 2 nitrogen and oxygen atoms in total. The third kappa shape index (κ3) is 3.96. The van der Waals surface area contributed by atoms with Crippen molar-refractivity contribution in [3.8, 4) is 5.75 Å². The minimum Gasteiger partial charge on any atom is -0.488 e. The van der Waals surface area contributed by atoms with Gasteiger partial charge in [-0.25, -0.2) is 0 Å². The summed E-state index contributed by atoms with van der Waals surface area (Å²) in [4.78, 5) is 2.63.